The largest absolute Gasteiger partial charge is 0.468 e. The van der Waals surface area contributed by atoms with Gasteiger partial charge in [-0.25, -0.2) is 13.1 Å². The number of nitrogens with one attached hydrogen (secondary N) is 2. The van der Waals surface area contributed by atoms with E-state index in [1.807, 2.05) is 19.9 Å². The minimum absolute atomic E-state index is 0.143. The van der Waals surface area contributed by atoms with E-state index in [2.05, 4.69) is 14.9 Å². The number of sulfonamides is 1. The van der Waals surface area contributed by atoms with Gasteiger partial charge in [0.15, 0.2) is 0 Å². The molecule has 1 aromatic carbocycles. The number of hydrogen-bond acceptors (Lipinski definition) is 5. The molecule has 0 fully saturated rings. The number of rotatable bonds is 9. The number of carbonyl (C=O) groups excluding carboxylic acids is 1. The van der Waals surface area contributed by atoms with Crippen molar-refractivity contribution < 1.29 is 17.6 Å². The highest BCUT2D eigenvalue weighted by molar-refractivity contribution is 7.89. The van der Waals surface area contributed by atoms with E-state index in [4.69, 9.17) is 4.42 Å². The monoisotopic (exact) mass is 379 g/mol. The van der Waals surface area contributed by atoms with Gasteiger partial charge in [0.25, 0.3) is 0 Å². The van der Waals surface area contributed by atoms with Crippen LogP contribution in [0.25, 0.3) is 0 Å². The van der Waals surface area contributed by atoms with Gasteiger partial charge in [0.05, 0.1) is 17.2 Å². The average Bonchev–Trinajstić information content (AvgIpc) is 3.12. The Labute approximate surface area is 154 Å². The van der Waals surface area contributed by atoms with Crippen LogP contribution in [0, 0.1) is 0 Å². The summed E-state index contributed by atoms with van der Waals surface area (Å²) in [6, 6.07) is 9.50. The van der Waals surface area contributed by atoms with Crippen LogP contribution < -0.4 is 10.0 Å². The van der Waals surface area contributed by atoms with Crippen LogP contribution in [0.2, 0.25) is 0 Å². The third-order valence-electron chi connectivity index (χ3n) is 4.08. The molecule has 142 valence electrons. The van der Waals surface area contributed by atoms with Crippen LogP contribution >= 0.6 is 0 Å². The van der Waals surface area contributed by atoms with Gasteiger partial charge in [-0.15, -0.1) is 0 Å². The van der Waals surface area contributed by atoms with Gasteiger partial charge in [0.1, 0.15) is 5.76 Å². The average molecular weight is 379 g/mol. The predicted octanol–water partition coefficient (Wildman–Crippen LogP) is 2.60. The third kappa shape index (κ3) is 5.17. The fourth-order valence-electron chi connectivity index (χ4n) is 2.75. The highest BCUT2D eigenvalue weighted by Crippen LogP contribution is 2.21. The molecule has 0 bridgehead atoms. The minimum Gasteiger partial charge on any atom is -0.468 e. The Kier molecular flexibility index (Phi) is 6.96. The van der Waals surface area contributed by atoms with Crippen molar-refractivity contribution in [1.29, 1.82) is 0 Å². The summed E-state index contributed by atoms with van der Waals surface area (Å²) in [6.07, 6.45) is 1.58. The summed E-state index contributed by atoms with van der Waals surface area (Å²) in [5.74, 6) is 0.511. The van der Waals surface area contributed by atoms with Crippen molar-refractivity contribution in [3.05, 3.63) is 48.4 Å². The van der Waals surface area contributed by atoms with Gasteiger partial charge in [0.2, 0.25) is 15.9 Å². The third-order valence-corrected chi connectivity index (χ3v) is 5.52. The second-order valence-electron chi connectivity index (χ2n) is 5.81. The summed E-state index contributed by atoms with van der Waals surface area (Å²) in [6.45, 7) is 7.19. The Morgan fingerprint density at radius 3 is 2.31 bits per heavy atom. The van der Waals surface area contributed by atoms with E-state index in [0.717, 1.165) is 18.8 Å². The number of furan rings is 1. The molecule has 8 heteroatoms. The number of amides is 1. The molecule has 7 nitrogen and oxygen atoms in total. The number of nitrogens with zero attached hydrogens (tertiary/aromatic N) is 1. The Bertz CT molecular complexity index is 797. The quantitative estimate of drug-likeness (QED) is 0.699. The van der Waals surface area contributed by atoms with Gasteiger partial charge in [-0.3, -0.25) is 9.69 Å². The van der Waals surface area contributed by atoms with Crippen molar-refractivity contribution in [2.75, 3.05) is 25.0 Å². The molecule has 0 saturated heterocycles. The standard InChI is InChI=1S/C18H25N3O4S/c1-4-21(5-2)17(18-7-6-12-25-18)13-19-26(23,24)16-10-8-15(9-11-16)20-14(3)22/h6-12,17,19H,4-5,13H2,1-3H3,(H,20,22). The maximum absolute atomic E-state index is 12.6. The van der Waals surface area contributed by atoms with E-state index in [9.17, 15) is 13.2 Å². The molecule has 0 spiro atoms. The molecule has 1 heterocycles. The first-order chi connectivity index (χ1) is 12.4. The molecule has 1 aromatic heterocycles. The van der Waals surface area contributed by atoms with Crippen LogP contribution in [0.1, 0.15) is 32.6 Å². The van der Waals surface area contributed by atoms with E-state index in [1.165, 1.54) is 19.1 Å². The minimum atomic E-state index is -3.67. The second-order valence-corrected chi connectivity index (χ2v) is 7.58. The Morgan fingerprint density at radius 2 is 1.81 bits per heavy atom. The summed E-state index contributed by atoms with van der Waals surface area (Å²) in [7, 11) is -3.67. The molecule has 0 saturated carbocycles. The SMILES string of the molecule is CCN(CC)C(CNS(=O)(=O)c1ccc(NC(C)=O)cc1)c1ccco1. The van der Waals surface area contributed by atoms with E-state index >= 15 is 0 Å². The first kappa shape index (κ1) is 20.2. The smallest absolute Gasteiger partial charge is 0.240 e. The van der Waals surface area contributed by atoms with E-state index in [-0.39, 0.29) is 23.4 Å². The van der Waals surface area contributed by atoms with E-state index in [0.29, 0.717) is 5.69 Å². The van der Waals surface area contributed by atoms with Crippen molar-refractivity contribution in [3.8, 4) is 0 Å². The fourth-order valence-corrected chi connectivity index (χ4v) is 3.79. The van der Waals surface area contributed by atoms with Gasteiger partial charge in [-0.1, -0.05) is 13.8 Å². The van der Waals surface area contributed by atoms with Crippen molar-refractivity contribution in [2.45, 2.75) is 31.7 Å². The zero-order valence-corrected chi connectivity index (χ0v) is 16.0. The lowest BCUT2D eigenvalue weighted by Crippen LogP contribution is -2.37. The molecule has 2 aromatic rings. The molecule has 2 rings (SSSR count). The van der Waals surface area contributed by atoms with Crippen LogP contribution in [0.3, 0.4) is 0 Å². The Morgan fingerprint density at radius 1 is 1.15 bits per heavy atom. The zero-order valence-electron chi connectivity index (χ0n) is 15.2. The number of hydrogen-bond donors (Lipinski definition) is 2. The maximum atomic E-state index is 12.6. The van der Waals surface area contributed by atoms with E-state index in [1.54, 1.807) is 24.5 Å². The van der Waals surface area contributed by atoms with Gasteiger partial charge in [-0.05, 0) is 49.5 Å². The van der Waals surface area contributed by atoms with Gasteiger partial charge < -0.3 is 9.73 Å². The number of likely N-dealkylation sites (N-methyl/N-ethyl adjacent to an activating group) is 1. The Balaban J connectivity index is 2.13. The van der Waals surface area contributed by atoms with Crippen LogP contribution in [0.5, 0.6) is 0 Å². The van der Waals surface area contributed by atoms with Gasteiger partial charge in [-0.2, -0.15) is 0 Å². The van der Waals surface area contributed by atoms with Crippen molar-refractivity contribution in [2.24, 2.45) is 0 Å². The molecule has 1 unspecified atom stereocenters. The molecular weight excluding hydrogens is 354 g/mol. The van der Waals surface area contributed by atoms with Crippen molar-refractivity contribution in [3.63, 3.8) is 0 Å². The number of benzene rings is 1. The van der Waals surface area contributed by atoms with Crippen LogP contribution in [0.4, 0.5) is 5.69 Å². The lowest BCUT2D eigenvalue weighted by atomic mass is 10.2. The molecule has 1 amide bonds. The molecule has 0 aliphatic rings. The molecule has 0 aliphatic heterocycles. The highest BCUT2D eigenvalue weighted by Gasteiger charge is 2.23. The zero-order chi connectivity index (χ0) is 19.2. The normalized spacial score (nSPS) is 12.9. The molecule has 0 radical (unpaired) electrons. The van der Waals surface area contributed by atoms with Gasteiger partial charge >= 0.3 is 0 Å². The summed E-state index contributed by atoms with van der Waals surface area (Å²) in [5, 5.41) is 2.61. The summed E-state index contributed by atoms with van der Waals surface area (Å²) in [5.41, 5.74) is 0.549. The second kappa shape index (κ2) is 8.98. The fraction of sp³-hybridized carbons (Fsp3) is 0.389. The topological polar surface area (TPSA) is 91.7 Å². The predicted molar refractivity (Wildman–Crippen MR) is 100 cm³/mol. The Hall–Kier alpha value is -2.16. The van der Waals surface area contributed by atoms with E-state index < -0.39 is 10.0 Å². The first-order valence-corrected chi connectivity index (χ1v) is 10.0. The molecule has 26 heavy (non-hydrogen) atoms. The lowest BCUT2D eigenvalue weighted by Gasteiger charge is -2.28. The molecule has 1 atom stereocenters. The molecule has 2 N–H and O–H groups in total. The summed E-state index contributed by atoms with van der Waals surface area (Å²) in [4.78, 5) is 13.3. The summed E-state index contributed by atoms with van der Waals surface area (Å²) >= 11 is 0. The first-order valence-electron chi connectivity index (χ1n) is 8.52. The molecular formula is C18H25N3O4S. The lowest BCUT2D eigenvalue weighted by molar-refractivity contribution is -0.114. The van der Waals surface area contributed by atoms with Crippen molar-refractivity contribution in [1.82, 2.24) is 9.62 Å². The van der Waals surface area contributed by atoms with Crippen LogP contribution in [0.15, 0.2) is 52.0 Å². The number of carbonyl (C=O) groups is 1. The van der Waals surface area contributed by atoms with Crippen LogP contribution in [-0.2, 0) is 14.8 Å². The van der Waals surface area contributed by atoms with Gasteiger partial charge in [0, 0.05) is 19.2 Å². The van der Waals surface area contributed by atoms with Crippen molar-refractivity contribution >= 4 is 21.6 Å². The highest BCUT2D eigenvalue weighted by atomic mass is 32.2. The molecule has 0 aliphatic carbocycles. The summed E-state index contributed by atoms with van der Waals surface area (Å²) < 4.78 is 33.3. The van der Waals surface area contributed by atoms with Crippen LogP contribution in [-0.4, -0.2) is 38.9 Å². The maximum Gasteiger partial charge on any atom is 0.240 e. The number of anilines is 1.